The number of nitrogens with two attached hydrogens (primary N) is 2. The van der Waals surface area contributed by atoms with Crippen LogP contribution in [0.5, 0.6) is 0 Å². The minimum atomic E-state index is -3.78. The minimum absolute atomic E-state index is 0.00395. The van der Waals surface area contributed by atoms with Gasteiger partial charge >= 0.3 is 0 Å². The van der Waals surface area contributed by atoms with Gasteiger partial charge < -0.3 is 5.73 Å². The van der Waals surface area contributed by atoms with Crippen LogP contribution in [0.3, 0.4) is 0 Å². The fraction of sp³-hybridized carbons (Fsp3) is 0.111. The largest absolute Gasteiger partial charge is 0.383 e. The summed E-state index contributed by atoms with van der Waals surface area (Å²) in [6, 6.07) is 9.36. The maximum absolute atomic E-state index is 13.2. The molecule has 1 aromatic carbocycles. The molecule has 0 aliphatic rings. The fourth-order valence-electron chi connectivity index (χ4n) is 2.81. The lowest BCUT2D eigenvalue weighted by Crippen LogP contribution is -2.33. The summed E-state index contributed by atoms with van der Waals surface area (Å²) >= 11 is 1.22. The second-order valence-electron chi connectivity index (χ2n) is 6.13. The van der Waals surface area contributed by atoms with Gasteiger partial charge in [0, 0.05) is 18.0 Å². The summed E-state index contributed by atoms with van der Waals surface area (Å²) in [4.78, 5) is 23.5. The van der Waals surface area contributed by atoms with E-state index in [1.54, 1.807) is 47.7 Å². The molecule has 3 rings (SSSR count). The van der Waals surface area contributed by atoms with Gasteiger partial charge in [-0.15, -0.1) is 11.8 Å². The maximum Gasteiger partial charge on any atom is 0.266 e. The average molecular weight is 446 g/mol. The predicted molar refractivity (Wildman–Crippen MR) is 115 cm³/mol. The van der Waals surface area contributed by atoms with Crippen LogP contribution in [0.4, 0.5) is 0 Å². The van der Waals surface area contributed by atoms with Crippen LogP contribution in [0.2, 0.25) is 0 Å². The molecule has 0 spiro atoms. The van der Waals surface area contributed by atoms with Gasteiger partial charge in [-0.2, -0.15) is 4.83 Å². The molecule has 30 heavy (non-hydrogen) atoms. The second kappa shape index (κ2) is 8.75. The van der Waals surface area contributed by atoms with E-state index in [9.17, 15) is 13.2 Å². The van der Waals surface area contributed by atoms with Gasteiger partial charge in [0.1, 0.15) is 22.2 Å². The first-order chi connectivity index (χ1) is 14.3. The summed E-state index contributed by atoms with van der Waals surface area (Å²) in [5.74, 6) is 5.06. The van der Waals surface area contributed by atoms with Crippen LogP contribution in [0.15, 0.2) is 63.5 Å². The molecule has 2 aromatic heterocycles. The van der Waals surface area contributed by atoms with Gasteiger partial charge in [-0.25, -0.2) is 13.4 Å². The quantitative estimate of drug-likeness (QED) is 0.102. The van der Waals surface area contributed by atoms with E-state index < -0.39 is 15.6 Å². The third-order valence-electron chi connectivity index (χ3n) is 4.27. The highest BCUT2D eigenvalue weighted by atomic mass is 32.2. The number of benzene rings is 1. The van der Waals surface area contributed by atoms with E-state index in [1.807, 2.05) is 0 Å². The Labute approximate surface area is 176 Å². The molecule has 3 aromatic rings. The Balaban J connectivity index is 2.16. The minimum Gasteiger partial charge on any atom is -0.383 e. The molecule has 0 atom stereocenters. The topological polar surface area (TPSA) is 170 Å². The van der Waals surface area contributed by atoms with E-state index in [2.05, 4.69) is 9.97 Å². The van der Waals surface area contributed by atoms with Crippen LogP contribution in [0.25, 0.3) is 11.4 Å². The smallest absolute Gasteiger partial charge is 0.266 e. The van der Waals surface area contributed by atoms with Gasteiger partial charge in [0.15, 0.2) is 0 Å². The number of hydrogen-bond acceptors (Lipinski definition) is 8. The molecular formula is C18H19N7O3S2. The zero-order valence-electron chi connectivity index (χ0n) is 15.9. The summed E-state index contributed by atoms with van der Waals surface area (Å²) in [5, 5.41) is 8.16. The van der Waals surface area contributed by atoms with Gasteiger partial charge in [-0.1, -0.05) is 12.1 Å². The van der Waals surface area contributed by atoms with Crippen molar-refractivity contribution in [3.05, 3.63) is 70.3 Å². The van der Waals surface area contributed by atoms with Crippen molar-refractivity contribution in [1.82, 2.24) is 19.4 Å². The number of rotatable bonds is 7. The first kappa shape index (κ1) is 21.6. The van der Waals surface area contributed by atoms with Gasteiger partial charge in [0.25, 0.3) is 15.6 Å². The van der Waals surface area contributed by atoms with Crippen molar-refractivity contribution >= 4 is 27.6 Å². The molecule has 0 amide bonds. The van der Waals surface area contributed by atoms with Crippen molar-refractivity contribution < 1.29 is 8.42 Å². The number of sulfonamides is 1. The lowest BCUT2D eigenvalue weighted by atomic mass is 10.2. The number of amidine groups is 1. The second-order valence-corrected chi connectivity index (χ2v) is 8.63. The molecular weight excluding hydrogens is 426 g/mol. The Kier molecular flexibility index (Phi) is 6.31. The van der Waals surface area contributed by atoms with Crippen LogP contribution in [0, 0.1) is 5.41 Å². The predicted octanol–water partition coefficient (Wildman–Crippen LogP) is 0.512. The Bertz CT molecular complexity index is 1240. The third kappa shape index (κ3) is 4.26. The van der Waals surface area contributed by atoms with Crippen LogP contribution < -0.4 is 22.0 Å². The van der Waals surface area contributed by atoms with Gasteiger partial charge in [0.2, 0.25) is 0 Å². The maximum atomic E-state index is 13.2. The van der Waals surface area contributed by atoms with Crippen molar-refractivity contribution in [2.75, 3.05) is 6.26 Å². The van der Waals surface area contributed by atoms with Crippen molar-refractivity contribution in [1.29, 1.82) is 5.41 Å². The number of hydrogen-bond donors (Lipinski definition) is 4. The molecule has 0 radical (unpaired) electrons. The van der Waals surface area contributed by atoms with E-state index in [0.29, 0.717) is 22.0 Å². The average Bonchev–Trinajstić information content (AvgIpc) is 2.75. The molecule has 0 saturated heterocycles. The summed E-state index contributed by atoms with van der Waals surface area (Å²) in [5.41, 5.74) is 6.52. The zero-order chi connectivity index (χ0) is 21.9. The SMILES string of the molecule is CSc1nc(-c2ccncc2)n(Cc2ccc(S(=O)(=O)NN)cc2)c(=O)c1C(=N)N. The van der Waals surface area contributed by atoms with Crippen molar-refractivity contribution in [2.24, 2.45) is 11.6 Å². The normalized spacial score (nSPS) is 11.4. The lowest BCUT2D eigenvalue weighted by molar-refractivity contribution is 0.584. The van der Waals surface area contributed by atoms with Crippen molar-refractivity contribution in [3.63, 3.8) is 0 Å². The van der Waals surface area contributed by atoms with Gasteiger partial charge in [-0.3, -0.25) is 25.6 Å². The molecule has 2 heterocycles. The highest BCUT2D eigenvalue weighted by Crippen LogP contribution is 2.22. The Morgan fingerprint density at radius 1 is 1.20 bits per heavy atom. The molecule has 0 aliphatic heterocycles. The van der Waals surface area contributed by atoms with Crippen LogP contribution >= 0.6 is 11.8 Å². The zero-order valence-corrected chi connectivity index (χ0v) is 17.5. The molecule has 6 N–H and O–H groups in total. The molecule has 0 aliphatic carbocycles. The van der Waals surface area contributed by atoms with E-state index in [-0.39, 0.29) is 22.8 Å². The monoisotopic (exact) mass is 445 g/mol. The summed E-state index contributed by atoms with van der Waals surface area (Å²) in [6.45, 7) is 0.0921. The highest BCUT2D eigenvalue weighted by molar-refractivity contribution is 7.98. The van der Waals surface area contributed by atoms with E-state index >= 15 is 0 Å². The fourth-order valence-corrected chi connectivity index (χ4v) is 4.02. The van der Waals surface area contributed by atoms with Gasteiger partial charge in [-0.05, 0) is 36.1 Å². The number of aromatic nitrogens is 3. The lowest BCUT2D eigenvalue weighted by Gasteiger charge is -2.16. The first-order valence-electron chi connectivity index (χ1n) is 8.53. The summed E-state index contributed by atoms with van der Waals surface area (Å²) in [7, 11) is -3.78. The van der Waals surface area contributed by atoms with Gasteiger partial charge in [0.05, 0.1) is 11.4 Å². The van der Waals surface area contributed by atoms with Crippen LogP contribution in [-0.2, 0) is 16.6 Å². The first-order valence-corrected chi connectivity index (χ1v) is 11.2. The summed E-state index contributed by atoms with van der Waals surface area (Å²) in [6.07, 6.45) is 4.92. The van der Waals surface area contributed by atoms with E-state index in [1.165, 1.54) is 28.5 Å². The van der Waals surface area contributed by atoms with Crippen LogP contribution in [0.1, 0.15) is 11.1 Å². The Hall–Kier alpha value is -3.06. The number of nitrogens with zero attached hydrogens (tertiary/aromatic N) is 3. The van der Waals surface area contributed by atoms with Crippen LogP contribution in [-0.4, -0.2) is 35.0 Å². The molecule has 0 fully saturated rings. The van der Waals surface area contributed by atoms with E-state index in [0.717, 1.165) is 0 Å². The summed E-state index contributed by atoms with van der Waals surface area (Å²) < 4.78 is 25.0. The number of nitrogen functional groups attached to an aromatic ring is 1. The number of nitrogens with one attached hydrogen (secondary N) is 2. The molecule has 0 unspecified atom stereocenters. The third-order valence-corrected chi connectivity index (χ3v) is 6.15. The number of pyridine rings is 1. The van der Waals surface area contributed by atoms with E-state index in [4.69, 9.17) is 17.0 Å². The molecule has 0 bridgehead atoms. The molecule has 10 nitrogen and oxygen atoms in total. The van der Waals surface area contributed by atoms with Crippen molar-refractivity contribution in [3.8, 4) is 11.4 Å². The molecule has 12 heteroatoms. The standard InChI is InChI=1S/C18H19N7O3S2/c1-29-17-14(15(19)20)18(26)25(16(23-17)12-6-8-22-9-7-12)10-11-2-4-13(5-3-11)30(27,28)24-21/h2-9,24H,10,21H2,1H3,(H3,19,20). The Morgan fingerprint density at radius 2 is 1.83 bits per heavy atom. The van der Waals surface area contributed by atoms with Crippen molar-refractivity contribution in [2.45, 2.75) is 16.5 Å². The molecule has 0 saturated carbocycles. The number of hydrazine groups is 1. The molecule has 156 valence electrons. The Morgan fingerprint density at radius 3 is 2.37 bits per heavy atom. The number of thioether (sulfide) groups is 1. The highest BCUT2D eigenvalue weighted by Gasteiger charge is 2.20.